The van der Waals surface area contributed by atoms with Crippen LogP contribution in [0.5, 0.6) is 0 Å². The van der Waals surface area contributed by atoms with Crippen LogP contribution in [0.25, 0.3) is 11.0 Å². The van der Waals surface area contributed by atoms with Crippen LogP contribution < -0.4 is 5.32 Å². The SMILES string of the molecule is CCN(CC)S(=O)(=O)c1ccc2c(c1)nc(CCC(=O)NC(C)C)n2CC. The van der Waals surface area contributed by atoms with Crippen LogP contribution in [-0.2, 0) is 27.8 Å². The summed E-state index contributed by atoms with van der Waals surface area (Å²) < 4.78 is 29.0. The van der Waals surface area contributed by atoms with Crippen LogP contribution in [0.15, 0.2) is 23.1 Å². The summed E-state index contributed by atoms with van der Waals surface area (Å²) in [7, 11) is -3.52. The predicted octanol–water partition coefficient (Wildman–Crippen LogP) is 2.54. The van der Waals surface area contributed by atoms with E-state index in [9.17, 15) is 13.2 Å². The zero-order chi connectivity index (χ0) is 20.2. The van der Waals surface area contributed by atoms with Crippen molar-refractivity contribution >= 4 is 27.0 Å². The molecule has 0 spiro atoms. The topological polar surface area (TPSA) is 84.3 Å². The first kappa shape index (κ1) is 21.4. The van der Waals surface area contributed by atoms with Crippen molar-refractivity contribution < 1.29 is 13.2 Å². The van der Waals surface area contributed by atoms with Crippen LogP contribution in [-0.4, -0.2) is 47.3 Å². The second-order valence-electron chi connectivity index (χ2n) is 6.73. The Kier molecular flexibility index (Phi) is 7.00. The average molecular weight is 395 g/mol. The molecule has 2 aromatic rings. The minimum absolute atomic E-state index is 0.00971. The number of nitrogens with one attached hydrogen (secondary N) is 1. The maximum Gasteiger partial charge on any atom is 0.243 e. The summed E-state index contributed by atoms with van der Waals surface area (Å²) in [6.45, 7) is 11.1. The number of fused-ring (bicyclic) bond motifs is 1. The van der Waals surface area contributed by atoms with Gasteiger partial charge in [-0.1, -0.05) is 13.8 Å². The van der Waals surface area contributed by atoms with Crippen molar-refractivity contribution in [3.8, 4) is 0 Å². The minimum atomic E-state index is -3.52. The fraction of sp³-hybridized carbons (Fsp3) is 0.579. The Balaban J connectivity index is 2.36. The number of carbonyl (C=O) groups excluding carboxylic acids is 1. The highest BCUT2D eigenvalue weighted by Gasteiger charge is 2.23. The van der Waals surface area contributed by atoms with E-state index in [-0.39, 0.29) is 16.8 Å². The van der Waals surface area contributed by atoms with Crippen molar-refractivity contribution in [2.75, 3.05) is 13.1 Å². The van der Waals surface area contributed by atoms with E-state index >= 15 is 0 Å². The molecule has 1 amide bonds. The van der Waals surface area contributed by atoms with Crippen molar-refractivity contribution in [2.45, 2.75) is 64.9 Å². The highest BCUT2D eigenvalue weighted by atomic mass is 32.2. The van der Waals surface area contributed by atoms with Gasteiger partial charge in [-0.25, -0.2) is 13.4 Å². The third kappa shape index (κ3) is 4.68. The molecule has 0 radical (unpaired) electrons. The lowest BCUT2D eigenvalue weighted by molar-refractivity contribution is -0.121. The molecule has 0 saturated heterocycles. The van der Waals surface area contributed by atoms with Gasteiger partial charge in [-0.15, -0.1) is 0 Å². The number of imidazole rings is 1. The van der Waals surface area contributed by atoms with Crippen LogP contribution in [0.3, 0.4) is 0 Å². The predicted molar refractivity (Wildman–Crippen MR) is 107 cm³/mol. The lowest BCUT2D eigenvalue weighted by Gasteiger charge is -2.18. The Morgan fingerprint density at radius 3 is 2.44 bits per heavy atom. The Morgan fingerprint density at radius 2 is 1.89 bits per heavy atom. The van der Waals surface area contributed by atoms with Gasteiger partial charge < -0.3 is 9.88 Å². The van der Waals surface area contributed by atoms with Crippen LogP contribution in [0, 0.1) is 0 Å². The second-order valence-corrected chi connectivity index (χ2v) is 8.67. The van der Waals surface area contributed by atoms with E-state index in [1.807, 2.05) is 39.2 Å². The number of hydrogen-bond donors (Lipinski definition) is 1. The van der Waals surface area contributed by atoms with Crippen molar-refractivity contribution in [2.24, 2.45) is 0 Å². The third-order valence-corrected chi connectivity index (χ3v) is 6.53. The zero-order valence-electron chi connectivity index (χ0n) is 16.8. The van der Waals surface area contributed by atoms with E-state index < -0.39 is 10.0 Å². The van der Waals surface area contributed by atoms with Crippen molar-refractivity contribution in [3.05, 3.63) is 24.0 Å². The maximum absolute atomic E-state index is 12.8. The molecule has 0 bridgehead atoms. The van der Waals surface area contributed by atoms with E-state index in [1.165, 1.54) is 4.31 Å². The number of hydrogen-bond acceptors (Lipinski definition) is 4. The molecule has 27 heavy (non-hydrogen) atoms. The van der Waals surface area contributed by atoms with Gasteiger partial charge >= 0.3 is 0 Å². The molecule has 0 unspecified atom stereocenters. The minimum Gasteiger partial charge on any atom is -0.354 e. The van der Waals surface area contributed by atoms with Crippen LogP contribution in [0.1, 0.15) is 46.9 Å². The van der Waals surface area contributed by atoms with Crippen molar-refractivity contribution in [1.82, 2.24) is 19.2 Å². The summed E-state index contributed by atoms with van der Waals surface area (Å²) >= 11 is 0. The molecule has 0 fully saturated rings. The number of aromatic nitrogens is 2. The monoisotopic (exact) mass is 394 g/mol. The van der Waals surface area contributed by atoms with E-state index in [0.29, 0.717) is 38.0 Å². The number of benzene rings is 1. The van der Waals surface area contributed by atoms with Crippen LogP contribution in [0.4, 0.5) is 0 Å². The molecular formula is C19H30N4O3S. The second kappa shape index (κ2) is 8.84. The first-order valence-electron chi connectivity index (χ1n) is 9.53. The summed E-state index contributed by atoms with van der Waals surface area (Å²) in [5, 5.41) is 2.88. The van der Waals surface area contributed by atoms with Crippen LogP contribution in [0.2, 0.25) is 0 Å². The van der Waals surface area contributed by atoms with E-state index in [2.05, 4.69) is 10.3 Å². The number of carbonyl (C=O) groups is 1. The largest absolute Gasteiger partial charge is 0.354 e. The molecular weight excluding hydrogens is 364 g/mol. The molecule has 150 valence electrons. The molecule has 8 heteroatoms. The average Bonchev–Trinajstić information content (AvgIpc) is 2.96. The number of nitrogens with zero attached hydrogens (tertiary/aromatic N) is 3. The Bertz CT molecular complexity index is 899. The molecule has 0 aliphatic rings. The Morgan fingerprint density at radius 1 is 1.22 bits per heavy atom. The molecule has 0 saturated carbocycles. The van der Waals surface area contributed by atoms with Gasteiger partial charge in [-0.05, 0) is 39.0 Å². The quantitative estimate of drug-likeness (QED) is 0.708. The highest BCUT2D eigenvalue weighted by Crippen LogP contribution is 2.23. The van der Waals surface area contributed by atoms with Gasteiger partial charge in [0, 0.05) is 38.5 Å². The zero-order valence-corrected chi connectivity index (χ0v) is 17.6. The molecule has 1 heterocycles. The third-order valence-electron chi connectivity index (χ3n) is 4.48. The Labute approximate surface area is 161 Å². The van der Waals surface area contributed by atoms with E-state index in [0.717, 1.165) is 11.3 Å². The molecule has 0 aliphatic carbocycles. The molecule has 1 N–H and O–H groups in total. The van der Waals surface area contributed by atoms with Gasteiger partial charge in [0.25, 0.3) is 0 Å². The molecule has 2 rings (SSSR count). The standard InChI is InChI=1S/C19H30N4O3S/c1-6-22(7-2)27(25,26)15-9-10-17-16(13-15)21-18(23(17)8-3)11-12-19(24)20-14(4)5/h9-10,13-14H,6-8,11-12H2,1-5H3,(H,20,24). The fourth-order valence-electron chi connectivity index (χ4n) is 3.20. The number of aryl methyl sites for hydroxylation is 2. The summed E-state index contributed by atoms with van der Waals surface area (Å²) in [5.41, 5.74) is 1.53. The Hall–Kier alpha value is -1.93. The molecule has 1 aromatic carbocycles. The maximum atomic E-state index is 12.8. The molecule has 7 nitrogen and oxygen atoms in total. The summed E-state index contributed by atoms with van der Waals surface area (Å²) in [6.07, 6.45) is 0.866. The first-order valence-corrected chi connectivity index (χ1v) is 11.0. The summed E-state index contributed by atoms with van der Waals surface area (Å²) in [5.74, 6) is 0.785. The number of sulfonamides is 1. The fourth-order valence-corrected chi connectivity index (χ4v) is 4.67. The van der Waals surface area contributed by atoms with Gasteiger partial charge in [0.2, 0.25) is 15.9 Å². The molecule has 0 atom stereocenters. The van der Waals surface area contributed by atoms with Crippen LogP contribution >= 0.6 is 0 Å². The lowest BCUT2D eigenvalue weighted by atomic mass is 10.2. The van der Waals surface area contributed by atoms with Gasteiger partial charge in [0.15, 0.2) is 0 Å². The smallest absolute Gasteiger partial charge is 0.243 e. The van der Waals surface area contributed by atoms with Gasteiger partial charge in [0.05, 0.1) is 15.9 Å². The van der Waals surface area contributed by atoms with E-state index in [4.69, 9.17) is 0 Å². The van der Waals surface area contributed by atoms with Crippen molar-refractivity contribution in [3.63, 3.8) is 0 Å². The molecule has 1 aromatic heterocycles. The van der Waals surface area contributed by atoms with Crippen molar-refractivity contribution in [1.29, 1.82) is 0 Å². The normalized spacial score (nSPS) is 12.3. The molecule has 0 aliphatic heterocycles. The van der Waals surface area contributed by atoms with Gasteiger partial charge in [-0.2, -0.15) is 4.31 Å². The van der Waals surface area contributed by atoms with E-state index in [1.54, 1.807) is 18.2 Å². The summed E-state index contributed by atoms with van der Waals surface area (Å²) in [6, 6.07) is 5.18. The summed E-state index contributed by atoms with van der Waals surface area (Å²) in [4.78, 5) is 16.8. The highest BCUT2D eigenvalue weighted by molar-refractivity contribution is 7.89. The first-order chi connectivity index (χ1) is 12.7. The van der Waals surface area contributed by atoms with Gasteiger partial charge in [-0.3, -0.25) is 4.79 Å². The number of amides is 1. The lowest BCUT2D eigenvalue weighted by Crippen LogP contribution is -2.30. The number of rotatable bonds is 9. The van der Waals surface area contributed by atoms with Gasteiger partial charge in [0.1, 0.15) is 5.82 Å².